The second-order valence-corrected chi connectivity index (χ2v) is 24.1. The molecule has 0 radical (unpaired) electrons. The number of hydrogen-bond acceptors (Lipinski definition) is 15. The molecule has 21 heteroatoms. The fourth-order valence-electron chi connectivity index (χ4n) is 7.43. The van der Waals surface area contributed by atoms with E-state index >= 15 is 0 Å². The van der Waals surface area contributed by atoms with Crippen molar-refractivity contribution in [2.45, 2.75) is 0 Å². The highest BCUT2D eigenvalue weighted by atomic mass is 32.2. The second-order valence-electron chi connectivity index (χ2n) is 17.8. The third kappa shape index (κ3) is 15.8. The lowest BCUT2D eigenvalue weighted by Crippen LogP contribution is -2.30. The summed E-state index contributed by atoms with van der Waals surface area (Å²) in [6.07, 6.45) is 3.16. The molecular weight excluding hydrogens is 1060 g/mol. The molecule has 7 aromatic rings. The topological polar surface area (TPSA) is 219 Å². The summed E-state index contributed by atoms with van der Waals surface area (Å²) in [7, 11) is -6.50. The third-order valence-corrected chi connectivity index (χ3v) is 16.0. The van der Waals surface area contributed by atoms with Crippen LogP contribution in [0.1, 0.15) is 31.1 Å². The zero-order valence-corrected chi connectivity index (χ0v) is 46.0. The average molecular weight is 1120 g/mol. The first-order chi connectivity index (χ1) is 37.0. The van der Waals surface area contributed by atoms with Crippen LogP contribution in [-0.4, -0.2) is 135 Å². The summed E-state index contributed by atoms with van der Waals surface area (Å²) >= 11 is 0. The summed E-state index contributed by atoms with van der Waals surface area (Å²) in [6.45, 7) is -0.570. The predicted molar refractivity (Wildman–Crippen MR) is 296 cm³/mol. The maximum Gasteiger partial charge on any atom is 0.347 e. The van der Waals surface area contributed by atoms with Crippen molar-refractivity contribution in [3.05, 3.63) is 180 Å². The van der Waals surface area contributed by atoms with Crippen LogP contribution in [0.2, 0.25) is 0 Å². The van der Waals surface area contributed by atoms with Crippen LogP contribution < -0.4 is 28.4 Å². The molecule has 78 heavy (non-hydrogen) atoms. The Balaban J connectivity index is 1.28. The Morgan fingerprint density at radius 3 is 0.821 bits per heavy atom. The van der Waals surface area contributed by atoms with Crippen molar-refractivity contribution in [2.24, 2.45) is 0 Å². The van der Waals surface area contributed by atoms with Gasteiger partial charge >= 0.3 is 17.9 Å². The van der Waals surface area contributed by atoms with E-state index < -0.39 is 48.0 Å². The summed E-state index contributed by atoms with van der Waals surface area (Å²) < 4.78 is 112. The first kappa shape index (κ1) is 57.8. The Morgan fingerprint density at radius 2 is 0.590 bits per heavy atom. The van der Waals surface area contributed by atoms with Crippen LogP contribution in [0.4, 0.5) is 0 Å². The Kier molecular flexibility index (Phi) is 18.9. The van der Waals surface area contributed by atoms with Crippen molar-refractivity contribution in [1.29, 1.82) is 0 Å². The van der Waals surface area contributed by atoms with Crippen LogP contribution in [0.3, 0.4) is 0 Å². The van der Waals surface area contributed by atoms with Gasteiger partial charge in [0.1, 0.15) is 71.0 Å². The quantitative estimate of drug-likeness (QED) is 0.0412. The largest absolute Gasteiger partial charge is 0.491 e. The lowest BCUT2D eigenvalue weighted by molar-refractivity contribution is 0.0726. The van der Waals surface area contributed by atoms with Gasteiger partial charge in [-0.1, -0.05) is 109 Å². The van der Waals surface area contributed by atoms with Gasteiger partial charge in [-0.15, -0.1) is 0 Å². The number of esters is 3. The van der Waals surface area contributed by atoms with E-state index in [0.717, 1.165) is 48.4 Å². The summed E-state index contributed by atoms with van der Waals surface area (Å²) in [4.78, 5) is 43.5. The highest BCUT2D eigenvalue weighted by molar-refractivity contribution is 7.88. The standard InChI is InChI=1S/C57H57N3O15S3/c1-58(76(4,64)65)28-31-70-52-25-22-43(40-16-10-7-11-17-40)34-49(52)55(61)73-46-37-47(74-56(62)50-35-44(41-18-12-8-13-19-41)23-26-53(50)71-32-29-59(2)77(5,66)67)39-48(38-46)75-57(63)51-36-45(42-20-14-9-15-21-42)24-27-54(51)72-33-30-60(3)78(6,68)69/h7-27,34-39H,28-33H2,1-6H3. The van der Waals surface area contributed by atoms with Crippen molar-refractivity contribution in [1.82, 2.24) is 12.9 Å². The molecule has 18 nitrogen and oxygen atoms in total. The van der Waals surface area contributed by atoms with Gasteiger partial charge in [-0.3, -0.25) is 0 Å². The normalized spacial score (nSPS) is 11.8. The molecule has 0 aliphatic heterocycles. The van der Waals surface area contributed by atoms with Crippen LogP contribution >= 0.6 is 0 Å². The number of hydrogen-bond donors (Lipinski definition) is 0. The van der Waals surface area contributed by atoms with Gasteiger partial charge in [-0.2, -0.15) is 0 Å². The van der Waals surface area contributed by atoms with Gasteiger partial charge in [0, 0.05) is 59.0 Å². The van der Waals surface area contributed by atoms with E-state index in [9.17, 15) is 39.6 Å². The maximum atomic E-state index is 14.5. The van der Waals surface area contributed by atoms with E-state index in [2.05, 4.69) is 0 Å². The first-order valence-corrected chi connectivity index (χ1v) is 29.6. The number of ether oxygens (including phenoxy) is 6. The molecular formula is C57H57N3O15S3. The molecule has 0 atom stereocenters. The van der Waals surface area contributed by atoms with Crippen LogP contribution in [0.5, 0.6) is 34.5 Å². The molecule has 0 N–H and O–H groups in total. The van der Waals surface area contributed by atoms with Crippen molar-refractivity contribution >= 4 is 48.0 Å². The third-order valence-electron chi connectivity index (χ3n) is 12.1. The zero-order chi connectivity index (χ0) is 56.2. The fourth-order valence-corrected chi connectivity index (χ4v) is 8.65. The molecule has 0 aliphatic rings. The lowest BCUT2D eigenvalue weighted by Gasteiger charge is -2.18. The number of rotatable bonds is 24. The molecule has 0 aromatic heterocycles. The second kappa shape index (κ2) is 25.5. The predicted octanol–water partition coefficient (Wildman–Crippen LogP) is 8.16. The van der Waals surface area contributed by atoms with Crippen LogP contribution in [-0.2, 0) is 30.1 Å². The van der Waals surface area contributed by atoms with Crippen LogP contribution in [0, 0.1) is 0 Å². The van der Waals surface area contributed by atoms with E-state index in [-0.39, 0.29) is 90.6 Å². The summed E-state index contributed by atoms with van der Waals surface area (Å²) in [5.41, 5.74) is 3.88. The van der Waals surface area contributed by atoms with Gasteiger partial charge in [0.15, 0.2) is 0 Å². The van der Waals surface area contributed by atoms with Gasteiger partial charge in [0.2, 0.25) is 30.1 Å². The molecule has 0 unspecified atom stereocenters. The number of carbonyl (C=O) groups is 3. The Bertz CT molecular complexity index is 3230. The van der Waals surface area contributed by atoms with Gasteiger partial charge in [-0.05, 0) is 69.8 Å². The fraction of sp³-hybridized carbons (Fsp3) is 0.211. The number of sulfonamides is 3. The SMILES string of the molecule is CN(CCOc1ccc(-c2ccccc2)cc1C(=O)Oc1cc(OC(=O)c2cc(-c3ccccc3)ccc2OCCN(C)S(C)(=O)=O)cc(OC(=O)c2cc(-c3ccccc3)ccc2OCCN(C)S(C)(=O)=O)c1)S(C)(=O)=O. The van der Waals surface area contributed by atoms with Crippen molar-refractivity contribution in [3.63, 3.8) is 0 Å². The number of benzene rings is 7. The highest BCUT2D eigenvalue weighted by Gasteiger charge is 2.24. The molecule has 7 rings (SSSR count). The average Bonchev–Trinajstić information content (AvgIpc) is 3.46. The zero-order valence-electron chi connectivity index (χ0n) is 43.5. The minimum Gasteiger partial charge on any atom is -0.491 e. The molecule has 408 valence electrons. The molecule has 0 aliphatic carbocycles. The van der Waals surface area contributed by atoms with Gasteiger partial charge in [0.25, 0.3) is 0 Å². The van der Waals surface area contributed by atoms with Gasteiger partial charge < -0.3 is 28.4 Å². The molecule has 0 spiro atoms. The van der Waals surface area contributed by atoms with Crippen molar-refractivity contribution in [3.8, 4) is 67.9 Å². The number of carbonyl (C=O) groups excluding carboxylic acids is 3. The summed E-state index contributed by atoms with van der Waals surface area (Å²) in [5.74, 6) is -3.52. The summed E-state index contributed by atoms with van der Waals surface area (Å²) in [6, 6.07) is 45.6. The molecule has 7 aromatic carbocycles. The monoisotopic (exact) mass is 1120 g/mol. The summed E-state index contributed by atoms with van der Waals surface area (Å²) in [5, 5.41) is 0. The van der Waals surface area contributed by atoms with E-state index in [1.54, 1.807) is 54.6 Å². The van der Waals surface area contributed by atoms with Gasteiger partial charge in [-0.25, -0.2) is 52.6 Å². The molecule has 0 fully saturated rings. The molecule has 0 saturated carbocycles. The van der Waals surface area contributed by atoms with Crippen LogP contribution in [0.25, 0.3) is 33.4 Å². The van der Waals surface area contributed by atoms with E-state index in [4.69, 9.17) is 28.4 Å². The Hall–Kier alpha value is -7.92. The number of likely N-dealkylation sites (N-methyl/N-ethyl adjacent to an activating group) is 3. The number of nitrogens with zero attached hydrogens (tertiary/aromatic N) is 3. The Labute approximate surface area is 454 Å². The molecule has 0 heterocycles. The van der Waals surface area contributed by atoms with Crippen molar-refractivity contribution in [2.75, 3.05) is 79.4 Å². The first-order valence-electron chi connectivity index (χ1n) is 24.1. The molecule has 0 amide bonds. The smallest absolute Gasteiger partial charge is 0.347 e. The van der Waals surface area contributed by atoms with Crippen molar-refractivity contribution < 1.29 is 68.1 Å². The van der Waals surface area contributed by atoms with Crippen LogP contribution in [0.15, 0.2) is 164 Å². The van der Waals surface area contributed by atoms with Gasteiger partial charge in [0.05, 0.1) is 18.8 Å². The highest BCUT2D eigenvalue weighted by Crippen LogP contribution is 2.35. The maximum absolute atomic E-state index is 14.5. The molecule has 0 bridgehead atoms. The lowest BCUT2D eigenvalue weighted by atomic mass is 10.0. The minimum atomic E-state index is -3.56. The minimum absolute atomic E-state index is 0.0483. The van der Waals surface area contributed by atoms with E-state index in [0.29, 0.717) is 16.7 Å². The van der Waals surface area contributed by atoms with E-state index in [1.807, 2.05) is 91.0 Å². The Morgan fingerprint density at radius 1 is 0.346 bits per heavy atom. The van der Waals surface area contributed by atoms with E-state index in [1.165, 1.54) is 39.3 Å². The molecule has 0 saturated heterocycles.